The maximum Gasteiger partial charge on any atom is 0.329 e. The molecule has 2 aromatic rings. The molecule has 1 aliphatic carbocycles. The van der Waals surface area contributed by atoms with Gasteiger partial charge >= 0.3 is 5.97 Å². The summed E-state index contributed by atoms with van der Waals surface area (Å²) in [5.74, 6) is -1.42. The van der Waals surface area contributed by atoms with Gasteiger partial charge in [-0.25, -0.2) is 4.79 Å². The number of hydrogen-bond acceptors (Lipinski definition) is 3. The molecule has 0 radical (unpaired) electrons. The molecule has 0 unspecified atom stereocenters. The lowest BCUT2D eigenvalue weighted by molar-refractivity contribution is -0.140. The lowest BCUT2D eigenvalue weighted by atomic mass is 10.1. The molecule has 5 nitrogen and oxygen atoms in total. The molecule has 1 amide bonds. The molecule has 1 aliphatic rings. The molecule has 1 fully saturated rings. The summed E-state index contributed by atoms with van der Waals surface area (Å²) in [6, 6.07) is 5.25. The van der Waals surface area contributed by atoms with E-state index in [1.807, 2.05) is 0 Å². The van der Waals surface area contributed by atoms with Gasteiger partial charge in [0.25, 0.3) is 5.91 Å². The van der Waals surface area contributed by atoms with Crippen LogP contribution in [-0.4, -0.2) is 22.5 Å². The largest absolute Gasteiger partial charge is 0.480 e. The molecule has 2 N–H and O–H groups in total. The van der Waals surface area contributed by atoms with E-state index in [-0.39, 0.29) is 5.76 Å². The summed E-state index contributed by atoms with van der Waals surface area (Å²) in [5.41, 5.74) is -0.0371. The minimum atomic E-state index is -1.13. The number of carbonyl (C=O) groups excluding carboxylic acids is 1. The number of aryl methyl sites for hydroxylation is 1. The van der Waals surface area contributed by atoms with Crippen LogP contribution in [0, 0.1) is 6.92 Å². The third kappa shape index (κ3) is 1.86. The maximum atomic E-state index is 12.2. The fourth-order valence-electron chi connectivity index (χ4n) is 2.22. The van der Waals surface area contributed by atoms with Gasteiger partial charge in [0.05, 0.1) is 5.02 Å². The first-order valence-corrected chi connectivity index (χ1v) is 6.56. The monoisotopic (exact) mass is 293 g/mol. The first kappa shape index (κ1) is 13.0. The minimum absolute atomic E-state index is 0.112. The fourth-order valence-corrected chi connectivity index (χ4v) is 2.43. The number of furan rings is 1. The van der Waals surface area contributed by atoms with E-state index in [4.69, 9.17) is 21.1 Å². The van der Waals surface area contributed by atoms with E-state index in [1.165, 1.54) is 0 Å². The molecule has 0 spiro atoms. The molecule has 104 valence electrons. The van der Waals surface area contributed by atoms with Crippen molar-refractivity contribution in [1.29, 1.82) is 0 Å². The summed E-state index contributed by atoms with van der Waals surface area (Å²) >= 11 is 6.02. The summed E-state index contributed by atoms with van der Waals surface area (Å²) in [6.07, 6.45) is 0.877. The summed E-state index contributed by atoms with van der Waals surface area (Å²) in [4.78, 5) is 23.3. The number of aliphatic carboxylic acids is 1. The standard InChI is InChI=1S/C14H12ClNO4/c1-7-8-3-2-4-9(15)11(8)20-10(7)12(17)16-14(5-6-14)13(18)19/h2-4H,5-6H2,1H3,(H,16,17)(H,18,19). The number of fused-ring (bicyclic) bond motifs is 1. The van der Waals surface area contributed by atoms with Crippen LogP contribution < -0.4 is 5.32 Å². The number of hydrogen-bond donors (Lipinski definition) is 2. The van der Waals surface area contributed by atoms with Gasteiger partial charge in [0.15, 0.2) is 11.3 Å². The maximum absolute atomic E-state index is 12.2. The van der Waals surface area contributed by atoms with Gasteiger partial charge < -0.3 is 14.8 Å². The lowest BCUT2D eigenvalue weighted by Gasteiger charge is -2.11. The highest BCUT2D eigenvalue weighted by Gasteiger charge is 2.52. The predicted molar refractivity (Wildman–Crippen MR) is 73.0 cm³/mol. The predicted octanol–water partition coefficient (Wildman–Crippen LogP) is 2.74. The van der Waals surface area contributed by atoms with Gasteiger partial charge in [-0.3, -0.25) is 4.79 Å². The van der Waals surface area contributed by atoms with Crippen molar-refractivity contribution in [2.75, 3.05) is 0 Å². The highest BCUT2D eigenvalue weighted by atomic mass is 35.5. The lowest BCUT2D eigenvalue weighted by Crippen LogP contribution is -2.43. The molecule has 0 bridgehead atoms. The zero-order chi connectivity index (χ0) is 14.5. The van der Waals surface area contributed by atoms with Crippen LogP contribution in [0.3, 0.4) is 0 Å². The van der Waals surface area contributed by atoms with Crippen LogP contribution in [0.4, 0.5) is 0 Å². The third-order valence-electron chi connectivity index (χ3n) is 3.63. The van der Waals surface area contributed by atoms with Gasteiger partial charge in [0.1, 0.15) is 5.54 Å². The Balaban J connectivity index is 1.98. The second-order valence-electron chi connectivity index (χ2n) is 5.01. The number of halogens is 1. The van der Waals surface area contributed by atoms with E-state index in [0.717, 1.165) is 5.39 Å². The fraction of sp³-hybridized carbons (Fsp3) is 0.286. The molecule has 1 aromatic heterocycles. The molecule has 1 heterocycles. The van der Waals surface area contributed by atoms with Crippen LogP contribution in [-0.2, 0) is 4.79 Å². The summed E-state index contributed by atoms with van der Waals surface area (Å²) in [6.45, 7) is 1.75. The van der Waals surface area contributed by atoms with Crippen molar-refractivity contribution in [2.45, 2.75) is 25.3 Å². The highest BCUT2D eigenvalue weighted by molar-refractivity contribution is 6.35. The quantitative estimate of drug-likeness (QED) is 0.912. The van der Waals surface area contributed by atoms with Crippen molar-refractivity contribution < 1.29 is 19.1 Å². The number of carbonyl (C=O) groups is 2. The second kappa shape index (κ2) is 4.24. The Bertz CT molecular complexity index is 730. The average Bonchev–Trinajstić information content (AvgIpc) is 3.09. The van der Waals surface area contributed by atoms with Gasteiger partial charge in [-0.1, -0.05) is 23.7 Å². The molecule has 0 atom stereocenters. The number of amides is 1. The molecule has 0 aliphatic heterocycles. The van der Waals surface area contributed by atoms with E-state index in [2.05, 4.69) is 5.32 Å². The van der Waals surface area contributed by atoms with Gasteiger partial charge in [0.2, 0.25) is 0 Å². The number of rotatable bonds is 3. The SMILES string of the molecule is Cc1c(C(=O)NC2(C(=O)O)CC2)oc2c(Cl)cccc12. The number of benzene rings is 1. The van der Waals surface area contributed by atoms with Crippen LogP contribution in [0.1, 0.15) is 29.0 Å². The summed E-state index contributed by atoms with van der Waals surface area (Å²) in [5, 5.41) is 12.8. The molecular formula is C14H12ClNO4. The molecule has 3 rings (SSSR count). The first-order chi connectivity index (χ1) is 9.44. The Morgan fingerprint density at radius 3 is 2.65 bits per heavy atom. The summed E-state index contributed by atoms with van der Waals surface area (Å²) in [7, 11) is 0. The topological polar surface area (TPSA) is 79.5 Å². The van der Waals surface area contributed by atoms with Gasteiger partial charge in [-0.2, -0.15) is 0 Å². The molecule has 1 aromatic carbocycles. The van der Waals surface area contributed by atoms with Crippen molar-refractivity contribution >= 4 is 34.4 Å². The van der Waals surface area contributed by atoms with Crippen molar-refractivity contribution in [3.05, 3.63) is 34.5 Å². The number of para-hydroxylation sites is 1. The smallest absolute Gasteiger partial charge is 0.329 e. The molecular weight excluding hydrogens is 282 g/mol. The van der Waals surface area contributed by atoms with E-state index in [9.17, 15) is 9.59 Å². The minimum Gasteiger partial charge on any atom is -0.480 e. The second-order valence-corrected chi connectivity index (χ2v) is 5.42. The summed E-state index contributed by atoms with van der Waals surface area (Å²) < 4.78 is 5.51. The zero-order valence-corrected chi connectivity index (χ0v) is 11.5. The van der Waals surface area contributed by atoms with Gasteiger partial charge in [-0.15, -0.1) is 0 Å². The molecule has 1 saturated carbocycles. The van der Waals surface area contributed by atoms with E-state index < -0.39 is 17.4 Å². The van der Waals surface area contributed by atoms with Crippen LogP contribution in [0.5, 0.6) is 0 Å². The Labute approximate surface area is 119 Å². The van der Waals surface area contributed by atoms with E-state index in [0.29, 0.717) is 29.0 Å². The third-order valence-corrected chi connectivity index (χ3v) is 3.93. The number of nitrogens with one attached hydrogen (secondary N) is 1. The van der Waals surface area contributed by atoms with Crippen LogP contribution in [0.15, 0.2) is 22.6 Å². The van der Waals surface area contributed by atoms with Crippen molar-refractivity contribution in [3.8, 4) is 0 Å². The number of carboxylic acids is 1. The van der Waals surface area contributed by atoms with Crippen molar-refractivity contribution in [2.24, 2.45) is 0 Å². The Hall–Kier alpha value is -2.01. The Morgan fingerprint density at radius 2 is 2.10 bits per heavy atom. The van der Waals surface area contributed by atoms with Crippen LogP contribution in [0.2, 0.25) is 5.02 Å². The Kier molecular flexibility index (Phi) is 2.76. The van der Waals surface area contributed by atoms with Crippen molar-refractivity contribution in [3.63, 3.8) is 0 Å². The van der Waals surface area contributed by atoms with Crippen LogP contribution >= 0.6 is 11.6 Å². The van der Waals surface area contributed by atoms with Crippen molar-refractivity contribution in [1.82, 2.24) is 5.32 Å². The van der Waals surface area contributed by atoms with Gasteiger partial charge in [-0.05, 0) is 25.8 Å². The average molecular weight is 294 g/mol. The van der Waals surface area contributed by atoms with Gasteiger partial charge in [0, 0.05) is 10.9 Å². The highest BCUT2D eigenvalue weighted by Crippen LogP contribution is 2.37. The zero-order valence-electron chi connectivity index (χ0n) is 10.7. The molecule has 20 heavy (non-hydrogen) atoms. The first-order valence-electron chi connectivity index (χ1n) is 6.18. The molecule has 6 heteroatoms. The Morgan fingerprint density at radius 1 is 1.40 bits per heavy atom. The molecule has 0 saturated heterocycles. The number of carboxylic acid groups (broad SMARTS) is 1. The van der Waals surface area contributed by atoms with E-state index >= 15 is 0 Å². The van der Waals surface area contributed by atoms with Crippen LogP contribution in [0.25, 0.3) is 11.0 Å². The normalized spacial score (nSPS) is 16.1. The van der Waals surface area contributed by atoms with E-state index in [1.54, 1.807) is 25.1 Å².